The summed E-state index contributed by atoms with van der Waals surface area (Å²) in [7, 11) is -0.772. The Morgan fingerprint density at radius 1 is 1.19 bits per heavy atom. The predicted molar refractivity (Wildman–Crippen MR) is 70.1 cm³/mol. The summed E-state index contributed by atoms with van der Waals surface area (Å²) in [4.78, 5) is 0. The van der Waals surface area contributed by atoms with E-state index < -0.39 is 10.0 Å². The second-order valence-corrected chi connectivity index (χ2v) is 4.86. The minimum atomic E-state index is -0.772. The monoisotopic (exact) mass is 238 g/mol. The number of hydrogen-bond donors (Lipinski definition) is 0. The van der Waals surface area contributed by atoms with Crippen molar-refractivity contribution in [1.82, 2.24) is 0 Å². The zero-order valence-electron chi connectivity index (χ0n) is 10.3. The second-order valence-electron chi connectivity index (χ2n) is 3.88. The topological polar surface area (TPSA) is 18.5 Å². The SMILES string of the molecule is CCCC(Cc1ccccc1)O[SiH2]OCC. The molecular formula is C13H22O2Si. The molecule has 0 saturated heterocycles. The van der Waals surface area contributed by atoms with Crippen LogP contribution in [-0.4, -0.2) is 22.7 Å². The molecule has 16 heavy (non-hydrogen) atoms. The zero-order valence-corrected chi connectivity index (χ0v) is 11.7. The van der Waals surface area contributed by atoms with E-state index in [9.17, 15) is 0 Å². The molecule has 0 aromatic heterocycles. The largest absolute Gasteiger partial charge is 0.399 e. The van der Waals surface area contributed by atoms with Crippen LogP contribution in [-0.2, 0) is 15.3 Å². The fraction of sp³-hybridized carbons (Fsp3) is 0.538. The molecule has 0 N–H and O–H groups in total. The Morgan fingerprint density at radius 2 is 1.94 bits per heavy atom. The Kier molecular flexibility index (Phi) is 7.13. The first-order chi connectivity index (χ1) is 7.86. The predicted octanol–water partition coefficient (Wildman–Crippen LogP) is 2.45. The Bertz CT molecular complexity index is 264. The van der Waals surface area contributed by atoms with Gasteiger partial charge in [-0.2, -0.15) is 0 Å². The Hall–Kier alpha value is -0.643. The molecule has 0 aliphatic heterocycles. The third kappa shape index (κ3) is 5.44. The quantitative estimate of drug-likeness (QED) is 0.511. The molecule has 0 fully saturated rings. The van der Waals surface area contributed by atoms with E-state index in [1.807, 2.05) is 13.0 Å². The molecule has 0 bridgehead atoms. The fourth-order valence-corrected chi connectivity index (χ4v) is 2.41. The molecule has 3 heteroatoms. The molecule has 0 spiro atoms. The van der Waals surface area contributed by atoms with Crippen LogP contribution in [0.15, 0.2) is 30.3 Å². The van der Waals surface area contributed by atoms with Gasteiger partial charge in [0, 0.05) is 6.61 Å². The van der Waals surface area contributed by atoms with Gasteiger partial charge in [0.05, 0.1) is 6.10 Å². The van der Waals surface area contributed by atoms with Gasteiger partial charge in [-0.15, -0.1) is 0 Å². The first-order valence-electron chi connectivity index (χ1n) is 6.10. The Morgan fingerprint density at radius 3 is 2.56 bits per heavy atom. The highest BCUT2D eigenvalue weighted by atomic mass is 28.3. The summed E-state index contributed by atoms with van der Waals surface area (Å²) in [6.07, 6.45) is 3.63. The van der Waals surface area contributed by atoms with E-state index in [1.54, 1.807) is 0 Å². The number of benzene rings is 1. The average molecular weight is 238 g/mol. The van der Waals surface area contributed by atoms with Crippen molar-refractivity contribution in [2.45, 2.75) is 39.2 Å². The van der Waals surface area contributed by atoms with Gasteiger partial charge in [0.2, 0.25) is 0 Å². The number of rotatable bonds is 8. The molecule has 0 amide bonds. The first-order valence-corrected chi connectivity index (χ1v) is 7.25. The summed E-state index contributed by atoms with van der Waals surface area (Å²) in [6, 6.07) is 10.5. The van der Waals surface area contributed by atoms with Crippen LogP contribution in [0.4, 0.5) is 0 Å². The van der Waals surface area contributed by atoms with Crippen LogP contribution >= 0.6 is 0 Å². The van der Waals surface area contributed by atoms with Gasteiger partial charge in [-0.05, 0) is 25.3 Å². The molecule has 0 saturated carbocycles. The van der Waals surface area contributed by atoms with Crippen molar-refractivity contribution in [3.05, 3.63) is 35.9 Å². The molecule has 1 atom stereocenters. The summed E-state index contributed by atoms with van der Waals surface area (Å²) in [6.45, 7) is 4.99. The standard InChI is InChI=1S/C13H22O2Si/c1-3-8-13(15-16-14-4-2)11-12-9-6-5-7-10-12/h5-7,9-10,13H,3-4,8,11,16H2,1-2H3. The molecule has 1 aromatic carbocycles. The third-order valence-corrected chi connectivity index (χ3v) is 3.69. The molecule has 0 heterocycles. The highest BCUT2D eigenvalue weighted by molar-refractivity contribution is 6.18. The van der Waals surface area contributed by atoms with E-state index >= 15 is 0 Å². The highest BCUT2D eigenvalue weighted by Crippen LogP contribution is 2.10. The Balaban J connectivity index is 2.38. The van der Waals surface area contributed by atoms with Crippen LogP contribution in [0.2, 0.25) is 0 Å². The van der Waals surface area contributed by atoms with Gasteiger partial charge >= 0.3 is 10.0 Å². The van der Waals surface area contributed by atoms with Crippen LogP contribution in [0, 0.1) is 0 Å². The number of hydrogen-bond acceptors (Lipinski definition) is 2. The van der Waals surface area contributed by atoms with E-state index in [2.05, 4.69) is 31.2 Å². The maximum Gasteiger partial charge on any atom is 0.304 e. The minimum absolute atomic E-state index is 0.339. The van der Waals surface area contributed by atoms with Gasteiger partial charge in [0.1, 0.15) is 0 Å². The first kappa shape index (κ1) is 13.4. The molecule has 2 nitrogen and oxygen atoms in total. The lowest BCUT2D eigenvalue weighted by Crippen LogP contribution is -2.20. The minimum Gasteiger partial charge on any atom is -0.399 e. The molecule has 0 radical (unpaired) electrons. The average Bonchev–Trinajstić information content (AvgIpc) is 2.31. The maximum atomic E-state index is 5.84. The van der Waals surface area contributed by atoms with Crippen molar-refractivity contribution in [2.24, 2.45) is 0 Å². The van der Waals surface area contributed by atoms with E-state index in [-0.39, 0.29) is 0 Å². The normalized spacial score (nSPS) is 13.4. The molecule has 1 rings (SSSR count). The van der Waals surface area contributed by atoms with Crippen molar-refractivity contribution < 1.29 is 8.85 Å². The Labute approximate surface area is 101 Å². The van der Waals surface area contributed by atoms with Crippen LogP contribution < -0.4 is 0 Å². The molecular weight excluding hydrogens is 216 g/mol. The van der Waals surface area contributed by atoms with E-state index in [0.29, 0.717) is 6.10 Å². The third-order valence-electron chi connectivity index (χ3n) is 2.51. The van der Waals surface area contributed by atoms with Crippen LogP contribution in [0.3, 0.4) is 0 Å². The van der Waals surface area contributed by atoms with E-state index in [0.717, 1.165) is 25.9 Å². The van der Waals surface area contributed by atoms with Crippen molar-refractivity contribution in [1.29, 1.82) is 0 Å². The lowest BCUT2D eigenvalue weighted by molar-refractivity contribution is 0.150. The molecule has 0 aliphatic carbocycles. The van der Waals surface area contributed by atoms with Gasteiger partial charge < -0.3 is 8.85 Å². The van der Waals surface area contributed by atoms with Gasteiger partial charge in [-0.25, -0.2) is 0 Å². The van der Waals surface area contributed by atoms with E-state index in [4.69, 9.17) is 8.85 Å². The maximum absolute atomic E-state index is 5.84. The van der Waals surface area contributed by atoms with E-state index in [1.165, 1.54) is 5.56 Å². The summed E-state index contributed by atoms with van der Waals surface area (Å²) < 4.78 is 11.2. The molecule has 90 valence electrons. The van der Waals surface area contributed by atoms with Crippen LogP contribution in [0.1, 0.15) is 32.3 Å². The molecule has 1 unspecified atom stereocenters. The fourth-order valence-electron chi connectivity index (χ4n) is 1.67. The van der Waals surface area contributed by atoms with Gasteiger partial charge in [-0.3, -0.25) is 0 Å². The lowest BCUT2D eigenvalue weighted by Gasteiger charge is -2.17. The van der Waals surface area contributed by atoms with Gasteiger partial charge in [-0.1, -0.05) is 43.7 Å². The molecule has 1 aromatic rings. The van der Waals surface area contributed by atoms with Crippen molar-refractivity contribution in [3.8, 4) is 0 Å². The zero-order chi connectivity index (χ0) is 11.6. The summed E-state index contributed by atoms with van der Waals surface area (Å²) in [5, 5.41) is 0. The van der Waals surface area contributed by atoms with Crippen LogP contribution in [0.5, 0.6) is 0 Å². The lowest BCUT2D eigenvalue weighted by atomic mass is 10.1. The van der Waals surface area contributed by atoms with Gasteiger partial charge in [0.15, 0.2) is 0 Å². The van der Waals surface area contributed by atoms with Crippen molar-refractivity contribution in [2.75, 3.05) is 6.61 Å². The summed E-state index contributed by atoms with van der Waals surface area (Å²) in [5.41, 5.74) is 1.35. The highest BCUT2D eigenvalue weighted by Gasteiger charge is 2.08. The van der Waals surface area contributed by atoms with Crippen molar-refractivity contribution in [3.63, 3.8) is 0 Å². The summed E-state index contributed by atoms with van der Waals surface area (Å²) >= 11 is 0. The second kappa shape index (κ2) is 8.50. The van der Waals surface area contributed by atoms with Crippen LogP contribution in [0.25, 0.3) is 0 Å². The van der Waals surface area contributed by atoms with Gasteiger partial charge in [0.25, 0.3) is 0 Å². The summed E-state index contributed by atoms with van der Waals surface area (Å²) in [5.74, 6) is 0. The van der Waals surface area contributed by atoms with Crippen molar-refractivity contribution >= 4 is 10.0 Å². The molecule has 0 aliphatic rings. The smallest absolute Gasteiger partial charge is 0.304 e.